The lowest BCUT2D eigenvalue weighted by Gasteiger charge is -2.06. The molecule has 82 valence electrons. The molecule has 0 fully saturated rings. The van der Waals surface area contributed by atoms with Gasteiger partial charge in [-0.05, 0) is 18.2 Å². The largest absolute Gasteiger partial charge is 0.269 e. The summed E-state index contributed by atoms with van der Waals surface area (Å²) < 4.78 is 1.07. The Morgan fingerprint density at radius 3 is 2.50 bits per heavy atom. The van der Waals surface area contributed by atoms with Crippen LogP contribution in [0, 0.1) is 0 Å². The van der Waals surface area contributed by atoms with Crippen molar-refractivity contribution in [3.63, 3.8) is 0 Å². The minimum Gasteiger partial charge on any atom is -0.268 e. The molecule has 0 saturated heterocycles. The van der Waals surface area contributed by atoms with Gasteiger partial charge in [0.2, 0.25) is 0 Å². The van der Waals surface area contributed by atoms with Crippen molar-refractivity contribution in [3.8, 4) is 5.69 Å². The lowest BCUT2D eigenvalue weighted by Crippen LogP contribution is -2.26. The molecule has 0 atom stereocenters. The summed E-state index contributed by atoms with van der Waals surface area (Å²) in [6.45, 7) is 0. The van der Waals surface area contributed by atoms with Crippen molar-refractivity contribution in [1.82, 2.24) is 9.78 Å². The van der Waals surface area contributed by atoms with Gasteiger partial charge >= 0.3 is 0 Å². The van der Waals surface area contributed by atoms with Crippen LogP contribution in [0.15, 0.2) is 39.9 Å². The van der Waals surface area contributed by atoms with Gasteiger partial charge in [-0.15, -0.1) is 0 Å². The maximum atomic E-state index is 11.5. The smallest absolute Gasteiger partial charge is 0.268 e. The topological polar surface area (TPSA) is 54.9 Å². The summed E-state index contributed by atoms with van der Waals surface area (Å²) in [6.07, 6.45) is 0. The molecule has 1 aromatic carbocycles. The molecule has 0 saturated carbocycles. The average molecular weight is 257 g/mol. The number of benzene rings is 1. The average Bonchev–Trinajstić information content (AvgIpc) is 2.22. The van der Waals surface area contributed by atoms with Crippen molar-refractivity contribution in [1.29, 1.82) is 0 Å². The number of halogens is 2. The Morgan fingerprint density at radius 1 is 1.06 bits per heavy atom. The van der Waals surface area contributed by atoms with Crippen LogP contribution < -0.4 is 11.1 Å². The zero-order valence-electron chi connectivity index (χ0n) is 7.91. The Kier molecular flexibility index (Phi) is 2.85. The van der Waals surface area contributed by atoms with Crippen molar-refractivity contribution in [3.05, 3.63) is 61.1 Å². The SMILES string of the molecule is O=c1ccc(=O)n(-c2ccc(Cl)cc2Cl)[nH]1. The van der Waals surface area contributed by atoms with Crippen LogP contribution in [-0.2, 0) is 0 Å². The number of hydrogen-bond donors (Lipinski definition) is 1. The lowest BCUT2D eigenvalue weighted by atomic mass is 10.3. The first-order chi connectivity index (χ1) is 7.58. The summed E-state index contributed by atoms with van der Waals surface area (Å²) in [7, 11) is 0. The number of aromatic nitrogens is 2. The molecule has 0 bridgehead atoms. The molecule has 0 unspecified atom stereocenters. The van der Waals surface area contributed by atoms with Crippen molar-refractivity contribution in [2.24, 2.45) is 0 Å². The van der Waals surface area contributed by atoms with Gasteiger partial charge in [-0.1, -0.05) is 23.2 Å². The van der Waals surface area contributed by atoms with Gasteiger partial charge in [-0.25, -0.2) is 4.68 Å². The third-order valence-electron chi connectivity index (χ3n) is 1.97. The van der Waals surface area contributed by atoms with Gasteiger partial charge in [-0.2, -0.15) is 0 Å². The van der Waals surface area contributed by atoms with Crippen LogP contribution in [0.25, 0.3) is 5.69 Å². The van der Waals surface area contributed by atoms with E-state index in [-0.39, 0.29) is 16.1 Å². The van der Waals surface area contributed by atoms with E-state index in [4.69, 9.17) is 23.2 Å². The monoisotopic (exact) mass is 256 g/mol. The molecule has 0 aliphatic carbocycles. The zero-order chi connectivity index (χ0) is 11.7. The fourth-order valence-electron chi connectivity index (χ4n) is 1.27. The number of nitrogens with one attached hydrogen (secondary N) is 1. The second kappa shape index (κ2) is 4.15. The number of nitrogens with zero attached hydrogens (tertiary/aromatic N) is 1. The molecule has 2 aromatic rings. The summed E-state index contributed by atoms with van der Waals surface area (Å²) in [6, 6.07) is 6.96. The predicted molar refractivity (Wildman–Crippen MR) is 62.7 cm³/mol. The standard InChI is InChI=1S/C10H6Cl2N2O2/c11-6-1-2-8(7(12)5-6)14-10(16)4-3-9(15)13-14/h1-5H,(H,13,15). The van der Waals surface area contributed by atoms with Crippen LogP contribution in [0.3, 0.4) is 0 Å². The van der Waals surface area contributed by atoms with Crippen molar-refractivity contribution in [2.45, 2.75) is 0 Å². The van der Waals surface area contributed by atoms with Gasteiger partial charge in [0, 0.05) is 17.2 Å². The van der Waals surface area contributed by atoms with Crippen LogP contribution in [0.1, 0.15) is 0 Å². The van der Waals surface area contributed by atoms with E-state index in [2.05, 4.69) is 5.10 Å². The summed E-state index contributed by atoms with van der Waals surface area (Å²) in [4.78, 5) is 22.6. The van der Waals surface area contributed by atoms with Gasteiger partial charge in [0.05, 0.1) is 10.7 Å². The van der Waals surface area contributed by atoms with Crippen LogP contribution in [0.4, 0.5) is 0 Å². The van der Waals surface area contributed by atoms with Crippen molar-refractivity contribution >= 4 is 23.2 Å². The Hall–Kier alpha value is -1.52. The Labute approximate surface area is 100 Å². The molecule has 1 heterocycles. The second-order valence-electron chi connectivity index (χ2n) is 3.08. The van der Waals surface area contributed by atoms with E-state index in [1.54, 1.807) is 12.1 Å². The van der Waals surface area contributed by atoms with E-state index < -0.39 is 0 Å². The highest BCUT2D eigenvalue weighted by atomic mass is 35.5. The molecule has 0 spiro atoms. The van der Waals surface area contributed by atoms with E-state index in [1.165, 1.54) is 12.1 Å². The number of aromatic amines is 1. The first kappa shape index (κ1) is 11.0. The van der Waals surface area contributed by atoms with Gasteiger partial charge in [0.15, 0.2) is 0 Å². The Balaban J connectivity index is 2.72. The fraction of sp³-hybridized carbons (Fsp3) is 0. The molecule has 1 aromatic heterocycles. The molecular formula is C10H6Cl2N2O2. The van der Waals surface area contributed by atoms with E-state index >= 15 is 0 Å². The third-order valence-corrected chi connectivity index (χ3v) is 2.51. The molecule has 1 N–H and O–H groups in total. The van der Waals surface area contributed by atoms with Crippen LogP contribution in [0.2, 0.25) is 10.0 Å². The maximum Gasteiger partial charge on any atom is 0.269 e. The molecule has 0 amide bonds. The first-order valence-electron chi connectivity index (χ1n) is 4.36. The lowest BCUT2D eigenvalue weighted by molar-refractivity contribution is 0.786. The number of rotatable bonds is 1. The van der Waals surface area contributed by atoms with E-state index in [1.807, 2.05) is 0 Å². The summed E-state index contributed by atoms with van der Waals surface area (Å²) >= 11 is 11.7. The van der Waals surface area contributed by atoms with Gasteiger partial charge in [-0.3, -0.25) is 14.7 Å². The molecular weight excluding hydrogens is 251 g/mol. The van der Waals surface area contributed by atoms with Crippen molar-refractivity contribution < 1.29 is 0 Å². The minimum absolute atomic E-state index is 0.288. The van der Waals surface area contributed by atoms with Gasteiger partial charge < -0.3 is 0 Å². The predicted octanol–water partition coefficient (Wildman–Crippen LogP) is 1.83. The summed E-state index contributed by atoms with van der Waals surface area (Å²) in [5.74, 6) is 0. The Bertz CT molecular complexity index is 646. The Morgan fingerprint density at radius 2 is 1.81 bits per heavy atom. The quantitative estimate of drug-likeness (QED) is 0.847. The van der Waals surface area contributed by atoms with Crippen LogP contribution in [0.5, 0.6) is 0 Å². The highest BCUT2D eigenvalue weighted by Crippen LogP contribution is 2.22. The van der Waals surface area contributed by atoms with Gasteiger partial charge in [0.1, 0.15) is 0 Å². The number of H-pyrrole nitrogens is 1. The maximum absolute atomic E-state index is 11.5. The zero-order valence-corrected chi connectivity index (χ0v) is 9.42. The van der Waals surface area contributed by atoms with E-state index in [0.717, 1.165) is 10.7 Å². The highest BCUT2D eigenvalue weighted by molar-refractivity contribution is 6.35. The normalized spacial score (nSPS) is 10.4. The van der Waals surface area contributed by atoms with Crippen LogP contribution >= 0.6 is 23.2 Å². The third kappa shape index (κ3) is 2.03. The summed E-state index contributed by atoms with van der Waals surface area (Å²) in [5.41, 5.74) is -0.372. The molecule has 16 heavy (non-hydrogen) atoms. The van der Waals surface area contributed by atoms with Gasteiger partial charge in [0.25, 0.3) is 11.1 Å². The second-order valence-corrected chi connectivity index (χ2v) is 3.92. The number of hydrogen-bond acceptors (Lipinski definition) is 2. The highest BCUT2D eigenvalue weighted by Gasteiger charge is 2.05. The van der Waals surface area contributed by atoms with Crippen molar-refractivity contribution in [2.75, 3.05) is 0 Å². The summed E-state index contributed by atoms with van der Waals surface area (Å²) in [5, 5.41) is 3.12. The van der Waals surface area contributed by atoms with E-state index in [0.29, 0.717) is 10.7 Å². The minimum atomic E-state index is -0.384. The molecule has 0 aliphatic heterocycles. The molecule has 0 aliphatic rings. The molecule has 0 radical (unpaired) electrons. The molecule has 4 nitrogen and oxygen atoms in total. The van der Waals surface area contributed by atoms with Crippen LogP contribution in [-0.4, -0.2) is 9.78 Å². The first-order valence-corrected chi connectivity index (χ1v) is 5.11. The fourth-order valence-corrected chi connectivity index (χ4v) is 1.76. The molecule has 6 heteroatoms. The van der Waals surface area contributed by atoms with E-state index in [9.17, 15) is 9.59 Å². The molecule has 2 rings (SSSR count).